The van der Waals surface area contributed by atoms with Crippen molar-refractivity contribution >= 4 is 35.6 Å². The van der Waals surface area contributed by atoms with E-state index in [0.29, 0.717) is 28.1 Å². The summed E-state index contributed by atoms with van der Waals surface area (Å²) in [5.41, 5.74) is 8.41. The van der Waals surface area contributed by atoms with Gasteiger partial charge in [0.2, 0.25) is 0 Å². The fourth-order valence-corrected chi connectivity index (χ4v) is 3.15. The number of nitrogen functional groups attached to an aromatic ring is 1. The Labute approximate surface area is 170 Å². The standard InChI is InChI=1S/C18H16BF2N3O3.CH2O2/c20-18(21)7-12(8-18)27-17-4-2-11(19(25)26)6-14(17)10-1-3-13-15(22)9-23-24-16(13)5-10;2-1-3/h1-6,9,12,25-26H,7-8H2,(H2,22,24);1H,(H,2,3). The summed E-state index contributed by atoms with van der Waals surface area (Å²) >= 11 is 0. The third-order valence-electron chi connectivity index (χ3n) is 4.63. The van der Waals surface area contributed by atoms with Gasteiger partial charge < -0.3 is 25.6 Å². The maximum Gasteiger partial charge on any atom is 0.488 e. The highest BCUT2D eigenvalue weighted by atomic mass is 19.3. The molecule has 0 aliphatic heterocycles. The van der Waals surface area contributed by atoms with Gasteiger partial charge in [0.25, 0.3) is 12.4 Å². The molecular weight excluding hydrogens is 399 g/mol. The number of hydrogen-bond acceptors (Lipinski definition) is 7. The molecule has 0 saturated heterocycles. The fourth-order valence-electron chi connectivity index (χ4n) is 3.15. The van der Waals surface area contributed by atoms with Crippen LogP contribution < -0.4 is 15.9 Å². The minimum Gasteiger partial charge on any atom is -0.489 e. The molecule has 5 N–H and O–H groups in total. The molecule has 0 spiro atoms. The van der Waals surface area contributed by atoms with Crippen molar-refractivity contribution in [1.29, 1.82) is 0 Å². The Hall–Kier alpha value is -3.31. The Balaban J connectivity index is 0.000000806. The molecule has 30 heavy (non-hydrogen) atoms. The summed E-state index contributed by atoms with van der Waals surface area (Å²) in [6, 6.07) is 9.89. The predicted octanol–water partition coefficient (Wildman–Crippen LogP) is 1.44. The van der Waals surface area contributed by atoms with Crippen LogP contribution in [0.15, 0.2) is 42.6 Å². The molecule has 1 aliphatic rings. The summed E-state index contributed by atoms with van der Waals surface area (Å²) in [7, 11) is -1.67. The maximum absolute atomic E-state index is 13.1. The Kier molecular flexibility index (Phi) is 6.13. The maximum atomic E-state index is 13.1. The first-order chi connectivity index (χ1) is 14.2. The highest BCUT2D eigenvalue weighted by Crippen LogP contribution is 2.41. The van der Waals surface area contributed by atoms with Crippen molar-refractivity contribution in [2.24, 2.45) is 0 Å². The van der Waals surface area contributed by atoms with Crippen molar-refractivity contribution in [3.8, 4) is 16.9 Å². The Morgan fingerprint density at radius 1 is 1.20 bits per heavy atom. The minimum absolute atomic E-state index is 0.250. The summed E-state index contributed by atoms with van der Waals surface area (Å²) in [6.45, 7) is -0.250. The van der Waals surface area contributed by atoms with Gasteiger partial charge in [-0.3, -0.25) is 4.79 Å². The zero-order valence-electron chi connectivity index (χ0n) is 15.6. The number of rotatable bonds is 4. The number of carboxylic acid groups (broad SMARTS) is 1. The predicted molar refractivity (Wildman–Crippen MR) is 107 cm³/mol. The van der Waals surface area contributed by atoms with Crippen molar-refractivity contribution in [1.82, 2.24) is 10.2 Å². The number of carbonyl (C=O) groups is 1. The molecule has 11 heteroatoms. The molecule has 1 aromatic heterocycles. The van der Waals surface area contributed by atoms with Crippen LogP contribution in [0.3, 0.4) is 0 Å². The lowest BCUT2D eigenvalue weighted by molar-refractivity contribution is -0.134. The molecule has 1 fully saturated rings. The van der Waals surface area contributed by atoms with Crippen LogP contribution in [0, 0.1) is 0 Å². The molecule has 0 unspecified atom stereocenters. The van der Waals surface area contributed by atoms with E-state index in [-0.39, 0.29) is 24.8 Å². The van der Waals surface area contributed by atoms with Crippen molar-refractivity contribution in [3.63, 3.8) is 0 Å². The first-order valence-electron chi connectivity index (χ1n) is 8.88. The van der Waals surface area contributed by atoms with E-state index in [0.717, 1.165) is 5.39 Å². The summed E-state index contributed by atoms with van der Waals surface area (Å²) in [6.07, 6.45) is 0.197. The quantitative estimate of drug-likeness (QED) is 0.370. The van der Waals surface area contributed by atoms with E-state index in [1.807, 2.05) is 0 Å². The largest absolute Gasteiger partial charge is 0.489 e. The van der Waals surface area contributed by atoms with Gasteiger partial charge in [-0.15, -0.1) is 0 Å². The van der Waals surface area contributed by atoms with Crippen LogP contribution in [-0.2, 0) is 4.79 Å². The Morgan fingerprint density at radius 2 is 1.90 bits per heavy atom. The van der Waals surface area contributed by atoms with E-state index in [2.05, 4.69) is 10.2 Å². The number of alkyl halides is 2. The summed E-state index contributed by atoms with van der Waals surface area (Å²) in [5.74, 6) is -2.31. The van der Waals surface area contributed by atoms with Gasteiger partial charge in [-0.05, 0) is 29.2 Å². The van der Waals surface area contributed by atoms with E-state index in [1.165, 1.54) is 12.3 Å². The monoisotopic (exact) mass is 417 g/mol. The lowest BCUT2D eigenvalue weighted by Gasteiger charge is -2.35. The van der Waals surface area contributed by atoms with Crippen LogP contribution in [0.5, 0.6) is 5.75 Å². The van der Waals surface area contributed by atoms with Crippen LogP contribution in [0.2, 0.25) is 0 Å². The second kappa shape index (κ2) is 8.60. The van der Waals surface area contributed by atoms with Crippen LogP contribution in [0.1, 0.15) is 12.8 Å². The van der Waals surface area contributed by atoms with Gasteiger partial charge in [-0.2, -0.15) is 10.2 Å². The van der Waals surface area contributed by atoms with E-state index in [1.54, 1.807) is 30.3 Å². The minimum atomic E-state index is -2.69. The number of nitrogens with zero attached hydrogens (tertiary/aromatic N) is 2. The average Bonchev–Trinajstić information content (AvgIpc) is 2.67. The van der Waals surface area contributed by atoms with Gasteiger partial charge in [0.1, 0.15) is 11.9 Å². The molecule has 3 aromatic rings. The van der Waals surface area contributed by atoms with Gasteiger partial charge in [0.05, 0.1) is 17.4 Å². The SMILES string of the molecule is Nc1cnnc2cc(-c3cc(B(O)O)ccc3OC3CC(F)(F)C3)ccc12.O=CO. The number of fused-ring (bicyclic) bond motifs is 1. The third-order valence-corrected chi connectivity index (χ3v) is 4.63. The molecule has 0 bridgehead atoms. The number of benzene rings is 2. The van der Waals surface area contributed by atoms with Gasteiger partial charge in [0.15, 0.2) is 0 Å². The normalized spacial score (nSPS) is 14.9. The topological polar surface area (TPSA) is 139 Å². The number of hydrogen-bond donors (Lipinski definition) is 4. The van der Waals surface area contributed by atoms with E-state index < -0.39 is 19.1 Å². The summed E-state index contributed by atoms with van der Waals surface area (Å²) in [5, 5.41) is 34.5. The first-order valence-corrected chi connectivity index (χ1v) is 8.88. The lowest BCUT2D eigenvalue weighted by atomic mass is 9.79. The van der Waals surface area contributed by atoms with Gasteiger partial charge in [-0.25, -0.2) is 8.78 Å². The smallest absolute Gasteiger partial charge is 0.488 e. The van der Waals surface area contributed by atoms with Crippen molar-refractivity contribution in [2.45, 2.75) is 24.9 Å². The molecule has 4 rings (SSSR count). The molecule has 8 nitrogen and oxygen atoms in total. The molecule has 1 aliphatic carbocycles. The van der Waals surface area contributed by atoms with Crippen LogP contribution in [0.4, 0.5) is 14.5 Å². The van der Waals surface area contributed by atoms with Crippen molar-refractivity contribution in [2.75, 3.05) is 5.73 Å². The van der Waals surface area contributed by atoms with Crippen molar-refractivity contribution < 1.29 is 33.5 Å². The highest BCUT2D eigenvalue weighted by molar-refractivity contribution is 6.58. The summed E-state index contributed by atoms with van der Waals surface area (Å²) < 4.78 is 32.0. The molecular formula is C19H18BF2N3O5. The van der Waals surface area contributed by atoms with Gasteiger partial charge >= 0.3 is 7.12 Å². The van der Waals surface area contributed by atoms with E-state index in [9.17, 15) is 18.8 Å². The number of halogens is 2. The second-order valence-electron chi connectivity index (χ2n) is 6.77. The van der Waals surface area contributed by atoms with E-state index in [4.69, 9.17) is 20.4 Å². The Bertz CT molecular complexity index is 1060. The van der Waals surface area contributed by atoms with E-state index >= 15 is 0 Å². The van der Waals surface area contributed by atoms with Crippen LogP contribution in [0.25, 0.3) is 22.0 Å². The number of nitrogens with two attached hydrogens (primary N) is 1. The highest BCUT2D eigenvalue weighted by Gasteiger charge is 2.47. The molecule has 0 radical (unpaired) electrons. The van der Waals surface area contributed by atoms with Gasteiger partial charge in [-0.1, -0.05) is 18.2 Å². The molecule has 0 atom stereocenters. The molecule has 1 heterocycles. The first kappa shape index (κ1) is 21.4. The Morgan fingerprint density at radius 3 is 2.53 bits per heavy atom. The number of aromatic nitrogens is 2. The summed E-state index contributed by atoms with van der Waals surface area (Å²) in [4.78, 5) is 8.36. The van der Waals surface area contributed by atoms with Crippen LogP contribution >= 0.6 is 0 Å². The number of anilines is 1. The third kappa shape index (κ3) is 4.63. The molecule has 156 valence electrons. The number of ether oxygens (including phenoxy) is 1. The molecule has 0 amide bonds. The van der Waals surface area contributed by atoms with Crippen LogP contribution in [-0.4, -0.2) is 51.0 Å². The second-order valence-corrected chi connectivity index (χ2v) is 6.77. The molecule has 2 aromatic carbocycles. The lowest BCUT2D eigenvalue weighted by Crippen LogP contribution is -2.43. The average molecular weight is 417 g/mol. The zero-order chi connectivity index (χ0) is 21.9. The molecule has 1 saturated carbocycles. The zero-order valence-corrected chi connectivity index (χ0v) is 15.6. The van der Waals surface area contributed by atoms with Crippen molar-refractivity contribution in [3.05, 3.63) is 42.6 Å². The fraction of sp³-hybridized carbons (Fsp3) is 0.211. The van der Waals surface area contributed by atoms with Gasteiger partial charge in [0, 0.05) is 23.8 Å².